The number of allylic oxidation sites excluding steroid dienone is 1. The van der Waals surface area contributed by atoms with Crippen LogP contribution in [0.15, 0.2) is 12.2 Å². The normalized spacial score (nSPS) is 28.9. The molecule has 1 rings (SSSR count). The van der Waals surface area contributed by atoms with Gasteiger partial charge in [-0.05, 0) is 25.2 Å². The van der Waals surface area contributed by atoms with Crippen molar-refractivity contribution in [2.45, 2.75) is 42.9 Å². The Morgan fingerprint density at radius 3 is 2.31 bits per heavy atom. The summed E-state index contributed by atoms with van der Waals surface area (Å²) in [4.78, 5) is 11.6. The van der Waals surface area contributed by atoms with Crippen LogP contribution in [0.2, 0.25) is 0 Å². The maximum Gasteiger partial charge on any atom is 0.272 e. The lowest BCUT2D eigenvalue weighted by molar-refractivity contribution is -0.121. The van der Waals surface area contributed by atoms with E-state index >= 15 is 0 Å². The molecule has 0 radical (unpaired) electrons. The van der Waals surface area contributed by atoms with Crippen LogP contribution in [0.5, 0.6) is 0 Å². The summed E-state index contributed by atoms with van der Waals surface area (Å²) in [5.41, 5.74) is -0.298. The van der Waals surface area contributed by atoms with Crippen LogP contribution in [-0.4, -0.2) is 15.2 Å². The molecule has 1 aliphatic carbocycles. The molecule has 16 heavy (non-hydrogen) atoms. The van der Waals surface area contributed by atoms with Crippen LogP contribution in [0.1, 0.15) is 33.6 Å². The molecule has 0 heterocycles. The highest BCUT2D eigenvalue weighted by atomic mass is 35.6. The van der Waals surface area contributed by atoms with Gasteiger partial charge in [0, 0.05) is 0 Å². The average molecular weight is 285 g/mol. The van der Waals surface area contributed by atoms with Crippen molar-refractivity contribution in [2.24, 2.45) is 5.41 Å². The Kier molecular flexibility index (Phi) is 3.88. The predicted octanol–water partition coefficient (Wildman–Crippen LogP) is 3.61. The van der Waals surface area contributed by atoms with Gasteiger partial charge in [0.05, 0.1) is 5.54 Å². The molecule has 92 valence electrons. The molecule has 0 bridgehead atoms. The van der Waals surface area contributed by atoms with Crippen LogP contribution in [0.4, 0.5) is 0 Å². The third-order valence-corrected chi connectivity index (χ3v) is 3.17. The van der Waals surface area contributed by atoms with E-state index in [1.54, 1.807) is 0 Å². The van der Waals surface area contributed by atoms with Gasteiger partial charge in [-0.1, -0.05) is 60.8 Å². The fraction of sp³-hybridized carbons (Fsp3) is 0.727. The molecule has 1 amide bonds. The van der Waals surface area contributed by atoms with Gasteiger partial charge in [0.2, 0.25) is 0 Å². The summed E-state index contributed by atoms with van der Waals surface area (Å²) < 4.78 is -1.90. The van der Waals surface area contributed by atoms with Gasteiger partial charge in [0.1, 0.15) is 0 Å². The van der Waals surface area contributed by atoms with E-state index in [4.69, 9.17) is 34.8 Å². The number of carbonyl (C=O) groups is 1. The zero-order valence-corrected chi connectivity index (χ0v) is 11.9. The molecule has 0 saturated carbocycles. The maximum absolute atomic E-state index is 11.6. The molecule has 0 aromatic carbocycles. The van der Waals surface area contributed by atoms with Crippen LogP contribution in [0.3, 0.4) is 0 Å². The molecule has 0 unspecified atom stereocenters. The molecule has 0 aromatic rings. The van der Waals surface area contributed by atoms with Gasteiger partial charge in [0.25, 0.3) is 9.70 Å². The fourth-order valence-electron chi connectivity index (χ4n) is 2.18. The number of hydrogen-bond acceptors (Lipinski definition) is 1. The molecular weight excluding hydrogens is 268 g/mol. The van der Waals surface area contributed by atoms with Gasteiger partial charge < -0.3 is 5.32 Å². The summed E-state index contributed by atoms with van der Waals surface area (Å²) in [6, 6.07) is 0. The smallest absolute Gasteiger partial charge is 0.272 e. The lowest BCUT2D eigenvalue weighted by Gasteiger charge is -2.39. The second kappa shape index (κ2) is 4.40. The van der Waals surface area contributed by atoms with Crippen LogP contribution in [-0.2, 0) is 4.79 Å². The highest BCUT2D eigenvalue weighted by Crippen LogP contribution is 2.37. The second-order valence-corrected chi connectivity index (χ2v) is 7.60. The number of nitrogens with one attached hydrogen (secondary N) is 1. The summed E-state index contributed by atoms with van der Waals surface area (Å²) in [5.74, 6) is -0.581. The van der Waals surface area contributed by atoms with Crippen molar-refractivity contribution in [2.75, 3.05) is 0 Å². The van der Waals surface area contributed by atoms with Gasteiger partial charge in [0.15, 0.2) is 0 Å². The summed E-state index contributed by atoms with van der Waals surface area (Å²) >= 11 is 16.6. The largest absolute Gasteiger partial charge is 0.344 e. The van der Waals surface area contributed by atoms with Crippen molar-refractivity contribution in [1.29, 1.82) is 0 Å². The van der Waals surface area contributed by atoms with Crippen LogP contribution >= 0.6 is 34.8 Å². The summed E-state index contributed by atoms with van der Waals surface area (Å²) in [7, 11) is 0. The van der Waals surface area contributed by atoms with E-state index in [2.05, 4.69) is 25.2 Å². The van der Waals surface area contributed by atoms with Crippen LogP contribution in [0.25, 0.3) is 0 Å². The second-order valence-electron chi connectivity index (χ2n) is 5.32. The third kappa shape index (κ3) is 3.83. The van der Waals surface area contributed by atoms with E-state index in [0.717, 1.165) is 12.8 Å². The molecule has 1 N–H and O–H groups in total. The van der Waals surface area contributed by atoms with E-state index in [0.29, 0.717) is 0 Å². The predicted molar refractivity (Wildman–Crippen MR) is 69.0 cm³/mol. The maximum atomic E-state index is 11.6. The van der Waals surface area contributed by atoms with Crippen molar-refractivity contribution in [1.82, 2.24) is 5.32 Å². The Balaban J connectivity index is 2.77. The zero-order chi connectivity index (χ0) is 12.6. The Bertz CT molecular complexity index is 320. The minimum atomic E-state index is -1.90. The molecule has 1 aliphatic rings. The minimum absolute atomic E-state index is 0.143. The van der Waals surface area contributed by atoms with Gasteiger partial charge in [-0.3, -0.25) is 4.79 Å². The summed E-state index contributed by atoms with van der Waals surface area (Å²) in [6.45, 7) is 6.23. The van der Waals surface area contributed by atoms with E-state index in [9.17, 15) is 4.79 Å². The quantitative estimate of drug-likeness (QED) is 0.578. The van der Waals surface area contributed by atoms with E-state index in [-0.39, 0.29) is 5.41 Å². The first-order chi connectivity index (χ1) is 7.04. The van der Waals surface area contributed by atoms with Crippen molar-refractivity contribution in [3.05, 3.63) is 12.2 Å². The minimum Gasteiger partial charge on any atom is -0.344 e. The molecule has 2 nitrogen and oxygen atoms in total. The molecule has 5 heteroatoms. The molecule has 0 aromatic heterocycles. The van der Waals surface area contributed by atoms with E-state index < -0.39 is 15.2 Å². The molecule has 1 atom stereocenters. The fourth-order valence-corrected chi connectivity index (χ4v) is 2.32. The number of alkyl halides is 3. The van der Waals surface area contributed by atoms with Crippen molar-refractivity contribution < 1.29 is 4.79 Å². The Morgan fingerprint density at radius 1 is 1.31 bits per heavy atom. The van der Waals surface area contributed by atoms with Crippen molar-refractivity contribution in [3.63, 3.8) is 0 Å². The molecule has 0 aliphatic heterocycles. The standard InChI is InChI=1S/C11H16Cl3NO/c1-9(2)5-4-6-10(3,7-9)15-8(16)11(12,13)14/h4,6H,5,7H2,1-3H3,(H,15,16)/t10-/m1/s1. The molecule has 0 spiro atoms. The van der Waals surface area contributed by atoms with Gasteiger partial charge in [-0.15, -0.1) is 0 Å². The van der Waals surface area contributed by atoms with Crippen LogP contribution in [0, 0.1) is 5.41 Å². The first-order valence-electron chi connectivity index (χ1n) is 5.11. The first kappa shape index (κ1) is 14.1. The van der Waals surface area contributed by atoms with E-state index in [1.165, 1.54) is 0 Å². The Labute approximate surface area is 111 Å². The van der Waals surface area contributed by atoms with E-state index in [1.807, 2.05) is 13.0 Å². The van der Waals surface area contributed by atoms with Gasteiger partial charge >= 0.3 is 0 Å². The highest BCUT2D eigenvalue weighted by Gasteiger charge is 2.39. The van der Waals surface area contributed by atoms with Crippen molar-refractivity contribution >= 4 is 40.7 Å². The number of rotatable bonds is 1. The SMILES string of the molecule is CC1(C)CC=C[C@@](C)(NC(=O)C(Cl)(Cl)Cl)C1. The Morgan fingerprint density at radius 2 is 1.88 bits per heavy atom. The average Bonchev–Trinajstić information content (AvgIpc) is 1.97. The lowest BCUT2D eigenvalue weighted by Crippen LogP contribution is -2.52. The highest BCUT2D eigenvalue weighted by molar-refractivity contribution is 6.76. The molecule has 0 fully saturated rings. The van der Waals surface area contributed by atoms with Gasteiger partial charge in [-0.2, -0.15) is 0 Å². The van der Waals surface area contributed by atoms with Gasteiger partial charge in [-0.25, -0.2) is 0 Å². The number of carbonyl (C=O) groups excluding carboxylic acids is 1. The summed E-state index contributed by atoms with van der Waals surface area (Å²) in [6.07, 6.45) is 5.84. The third-order valence-electron chi connectivity index (χ3n) is 2.66. The van der Waals surface area contributed by atoms with Crippen LogP contribution < -0.4 is 5.32 Å². The molecular formula is C11H16Cl3NO. The zero-order valence-electron chi connectivity index (χ0n) is 9.61. The molecule has 0 saturated heterocycles. The topological polar surface area (TPSA) is 29.1 Å². The number of hydrogen-bond donors (Lipinski definition) is 1. The monoisotopic (exact) mass is 283 g/mol. The number of halogens is 3. The summed E-state index contributed by atoms with van der Waals surface area (Å²) in [5, 5.41) is 2.77. The first-order valence-corrected chi connectivity index (χ1v) is 6.25. The number of amides is 1. The Hall–Kier alpha value is 0.0800. The van der Waals surface area contributed by atoms with Crippen molar-refractivity contribution in [3.8, 4) is 0 Å². The lowest BCUT2D eigenvalue weighted by atomic mass is 9.73.